The van der Waals surface area contributed by atoms with Crippen molar-refractivity contribution in [1.29, 1.82) is 0 Å². The van der Waals surface area contributed by atoms with E-state index in [4.69, 9.17) is 0 Å². The van der Waals surface area contributed by atoms with Gasteiger partial charge in [0.1, 0.15) is 5.82 Å². The van der Waals surface area contributed by atoms with E-state index in [-0.39, 0.29) is 36.7 Å². The average Bonchev–Trinajstić information content (AvgIpc) is 2.60. The summed E-state index contributed by atoms with van der Waals surface area (Å²) >= 11 is 0. The van der Waals surface area contributed by atoms with Crippen molar-refractivity contribution in [1.82, 2.24) is 10.6 Å². The minimum atomic E-state index is -0.896. The van der Waals surface area contributed by atoms with Crippen molar-refractivity contribution in [2.75, 3.05) is 13.1 Å². The van der Waals surface area contributed by atoms with Crippen LogP contribution in [0.1, 0.15) is 23.5 Å². The van der Waals surface area contributed by atoms with Gasteiger partial charge >= 0.3 is 0 Å². The number of hydrogen-bond acceptors (Lipinski definition) is 2. The Morgan fingerprint density at radius 1 is 1.08 bits per heavy atom. The van der Waals surface area contributed by atoms with E-state index in [0.717, 1.165) is 12.6 Å². The first kappa shape index (κ1) is 20.3. The molecule has 1 heterocycles. The molecule has 1 aliphatic rings. The topological polar surface area (TPSA) is 41.1 Å². The van der Waals surface area contributed by atoms with Gasteiger partial charge in [0.15, 0.2) is 11.6 Å². The van der Waals surface area contributed by atoms with Crippen molar-refractivity contribution >= 4 is 18.3 Å². The molecule has 1 amide bonds. The molecule has 26 heavy (non-hydrogen) atoms. The van der Waals surface area contributed by atoms with Crippen LogP contribution in [0.2, 0.25) is 0 Å². The number of piperidine rings is 1. The standard InChI is InChI=1S/C19H19F3N2O.ClH/c20-15-4-2-1-3-13(15)10-19(25)24-18-11-23-8-7-14(18)12-5-6-16(21)17(22)9-12;/h1-6,9,14,18,23H,7-8,10-11H2,(H,24,25);1H. The lowest BCUT2D eigenvalue weighted by Crippen LogP contribution is -2.50. The maximum Gasteiger partial charge on any atom is 0.224 e. The summed E-state index contributed by atoms with van der Waals surface area (Å²) in [6.45, 7) is 1.25. The van der Waals surface area contributed by atoms with Crippen molar-refractivity contribution in [3.8, 4) is 0 Å². The van der Waals surface area contributed by atoms with Crippen molar-refractivity contribution in [2.45, 2.75) is 24.8 Å². The highest BCUT2D eigenvalue weighted by atomic mass is 35.5. The predicted octanol–water partition coefficient (Wildman–Crippen LogP) is 3.33. The Labute approximate surface area is 156 Å². The zero-order valence-electron chi connectivity index (χ0n) is 14.0. The molecule has 1 fully saturated rings. The summed E-state index contributed by atoms with van der Waals surface area (Å²) in [7, 11) is 0. The van der Waals surface area contributed by atoms with Crippen LogP contribution in [0.25, 0.3) is 0 Å². The molecule has 2 unspecified atom stereocenters. The van der Waals surface area contributed by atoms with Crippen molar-refractivity contribution < 1.29 is 18.0 Å². The van der Waals surface area contributed by atoms with E-state index < -0.39 is 17.5 Å². The molecule has 0 aliphatic carbocycles. The van der Waals surface area contributed by atoms with Crippen LogP contribution in [0.4, 0.5) is 13.2 Å². The van der Waals surface area contributed by atoms with Gasteiger partial charge in [0.25, 0.3) is 0 Å². The molecule has 2 atom stereocenters. The van der Waals surface area contributed by atoms with Gasteiger partial charge < -0.3 is 10.6 Å². The summed E-state index contributed by atoms with van der Waals surface area (Å²) in [6, 6.07) is 9.70. The monoisotopic (exact) mass is 384 g/mol. The van der Waals surface area contributed by atoms with Crippen molar-refractivity contribution in [3.05, 3.63) is 71.0 Å². The minimum absolute atomic E-state index is 0. The Morgan fingerprint density at radius 3 is 2.58 bits per heavy atom. The first-order chi connectivity index (χ1) is 12.0. The molecule has 3 rings (SSSR count). The Balaban J connectivity index is 0.00000243. The Morgan fingerprint density at radius 2 is 1.85 bits per heavy atom. The summed E-state index contributed by atoms with van der Waals surface area (Å²) < 4.78 is 40.4. The molecule has 2 aromatic rings. The molecule has 7 heteroatoms. The zero-order chi connectivity index (χ0) is 17.8. The Bertz CT molecular complexity index is 772. The number of carbonyl (C=O) groups excluding carboxylic acids is 1. The number of rotatable bonds is 4. The second-order valence-electron chi connectivity index (χ2n) is 6.22. The van der Waals surface area contributed by atoms with Crippen LogP contribution in [0.3, 0.4) is 0 Å². The summed E-state index contributed by atoms with van der Waals surface area (Å²) in [4.78, 5) is 12.3. The lowest BCUT2D eigenvalue weighted by Gasteiger charge is -2.33. The van der Waals surface area contributed by atoms with Crippen LogP contribution in [0.15, 0.2) is 42.5 Å². The number of carbonyl (C=O) groups is 1. The first-order valence-electron chi connectivity index (χ1n) is 8.23. The number of nitrogens with one attached hydrogen (secondary N) is 2. The van der Waals surface area contributed by atoms with E-state index in [9.17, 15) is 18.0 Å². The molecule has 2 aromatic carbocycles. The van der Waals surface area contributed by atoms with Crippen LogP contribution in [0.5, 0.6) is 0 Å². The van der Waals surface area contributed by atoms with E-state index in [0.29, 0.717) is 24.1 Å². The van der Waals surface area contributed by atoms with Crippen LogP contribution >= 0.6 is 12.4 Å². The highest BCUT2D eigenvalue weighted by molar-refractivity contribution is 5.85. The summed E-state index contributed by atoms with van der Waals surface area (Å²) in [5.41, 5.74) is 0.977. The Hall–Kier alpha value is -2.05. The third-order valence-corrected chi connectivity index (χ3v) is 4.51. The lowest BCUT2D eigenvalue weighted by atomic mass is 9.86. The van der Waals surface area contributed by atoms with E-state index in [1.807, 2.05) is 0 Å². The fourth-order valence-corrected chi connectivity index (χ4v) is 3.22. The summed E-state index contributed by atoms with van der Waals surface area (Å²) in [6.07, 6.45) is 0.628. The van der Waals surface area contributed by atoms with Crippen molar-refractivity contribution in [3.63, 3.8) is 0 Å². The maximum absolute atomic E-state index is 13.7. The zero-order valence-corrected chi connectivity index (χ0v) is 14.8. The largest absolute Gasteiger partial charge is 0.351 e. The first-order valence-corrected chi connectivity index (χ1v) is 8.23. The molecule has 0 radical (unpaired) electrons. The summed E-state index contributed by atoms with van der Waals surface area (Å²) in [5, 5.41) is 6.08. The van der Waals surface area contributed by atoms with Gasteiger partial charge in [-0.1, -0.05) is 24.3 Å². The molecule has 3 nitrogen and oxygen atoms in total. The fraction of sp³-hybridized carbons (Fsp3) is 0.316. The van der Waals surface area contributed by atoms with Gasteiger partial charge in [-0.25, -0.2) is 13.2 Å². The SMILES string of the molecule is Cl.O=C(Cc1ccccc1F)NC1CNCCC1c1ccc(F)c(F)c1. The van der Waals surface area contributed by atoms with Gasteiger partial charge in [0, 0.05) is 18.5 Å². The molecular formula is C19H20ClF3N2O. The second kappa shape index (κ2) is 9.05. The van der Waals surface area contributed by atoms with Gasteiger partial charge in [-0.05, 0) is 42.3 Å². The number of benzene rings is 2. The lowest BCUT2D eigenvalue weighted by molar-refractivity contribution is -0.121. The molecule has 1 aliphatic heterocycles. The molecule has 1 saturated heterocycles. The summed E-state index contributed by atoms with van der Waals surface area (Å²) in [5.74, 6) is -2.63. The van der Waals surface area contributed by atoms with E-state index in [1.165, 1.54) is 12.1 Å². The minimum Gasteiger partial charge on any atom is -0.351 e. The van der Waals surface area contributed by atoms with E-state index in [1.54, 1.807) is 24.3 Å². The van der Waals surface area contributed by atoms with Gasteiger partial charge in [-0.3, -0.25) is 4.79 Å². The third-order valence-electron chi connectivity index (χ3n) is 4.51. The molecule has 0 spiro atoms. The van der Waals surface area contributed by atoms with Crippen LogP contribution in [-0.4, -0.2) is 25.0 Å². The van der Waals surface area contributed by atoms with Crippen LogP contribution in [-0.2, 0) is 11.2 Å². The van der Waals surface area contributed by atoms with Crippen LogP contribution < -0.4 is 10.6 Å². The molecule has 0 saturated carbocycles. The van der Waals surface area contributed by atoms with Crippen LogP contribution in [0, 0.1) is 17.5 Å². The molecule has 2 N–H and O–H groups in total. The van der Waals surface area contributed by atoms with Gasteiger partial charge in [0.2, 0.25) is 5.91 Å². The Kier molecular flexibility index (Phi) is 7.06. The molecular weight excluding hydrogens is 365 g/mol. The molecule has 140 valence electrons. The smallest absolute Gasteiger partial charge is 0.224 e. The third kappa shape index (κ3) is 4.77. The number of amides is 1. The van der Waals surface area contributed by atoms with Crippen molar-refractivity contribution in [2.24, 2.45) is 0 Å². The number of hydrogen-bond donors (Lipinski definition) is 2. The molecule has 0 bridgehead atoms. The van der Waals surface area contributed by atoms with Gasteiger partial charge in [-0.15, -0.1) is 12.4 Å². The van der Waals surface area contributed by atoms with Gasteiger partial charge in [0.05, 0.1) is 6.42 Å². The molecule has 0 aromatic heterocycles. The maximum atomic E-state index is 13.7. The highest BCUT2D eigenvalue weighted by Crippen LogP contribution is 2.27. The van der Waals surface area contributed by atoms with E-state index >= 15 is 0 Å². The normalized spacial score (nSPS) is 19.5. The second-order valence-corrected chi connectivity index (χ2v) is 6.22. The predicted molar refractivity (Wildman–Crippen MR) is 95.9 cm³/mol. The quantitative estimate of drug-likeness (QED) is 0.849. The highest BCUT2D eigenvalue weighted by Gasteiger charge is 2.28. The van der Waals surface area contributed by atoms with Gasteiger partial charge in [-0.2, -0.15) is 0 Å². The average molecular weight is 385 g/mol. The van der Waals surface area contributed by atoms with E-state index in [2.05, 4.69) is 10.6 Å². The fourth-order valence-electron chi connectivity index (χ4n) is 3.22. The number of halogens is 4.